The van der Waals surface area contributed by atoms with Gasteiger partial charge in [0.05, 0.1) is 5.56 Å². The van der Waals surface area contributed by atoms with Gasteiger partial charge in [0.15, 0.2) is 0 Å². The zero-order valence-corrected chi connectivity index (χ0v) is 11.6. The summed E-state index contributed by atoms with van der Waals surface area (Å²) in [5.74, 6) is 1.66. The average Bonchev–Trinajstić information content (AvgIpc) is 2.97. The lowest BCUT2D eigenvalue weighted by molar-refractivity contribution is -0.137. The van der Waals surface area contributed by atoms with E-state index in [2.05, 4.69) is 5.32 Å². The standard InChI is InChI=1S/C16H20F3N/c1-20-10-15(8-12-6-13(12)9-15)7-11-3-2-4-14(5-11)16(17,18)19/h2-5,12-13,20H,6-10H2,1H3. The molecule has 0 radical (unpaired) electrons. The van der Waals surface area contributed by atoms with Crippen LogP contribution in [-0.2, 0) is 12.6 Å². The molecule has 0 bridgehead atoms. The first-order chi connectivity index (χ1) is 9.42. The number of hydrogen-bond acceptors (Lipinski definition) is 1. The van der Waals surface area contributed by atoms with Crippen LogP contribution in [-0.4, -0.2) is 13.6 Å². The molecule has 0 heterocycles. The molecule has 2 unspecified atom stereocenters. The lowest BCUT2D eigenvalue weighted by Gasteiger charge is -2.31. The van der Waals surface area contributed by atoms with Gasteiger partial charge in [0.25, 0.3) is 0 Å². The molecule has 0 amide bonds. The molecule has 1 N–H and O–H groups in total. The van der Waals surface area contributed by atoms with Crippen LogP contribution in [0.25, 0.3) is 0 Å². The van der Waals surface area contributed by atoms with E-state index < -0.39 is 11.7 Å². The Hall–Kier alpha value is -1.03. The van der Waals surface area contributed by atoms with Crippen LogP contribution in [0.4, 0.5) is 13.2 Å². The van der Waals surface area contributed by atoms with Gasteiger partial charge in [-0.05, 0) is 61.6 Å². The Labute approximate surface area is 117 Å². The number of alkyl halides is 3. The number of nitrogens with one attached hydrogen (secondary N) is 1. The molecule has 4 heteroatoms. The van der Waals surface area contributed by atoms with Gasteiger partial charge in [-0.1, -0.05) is 18.2 Å². The molecule has 0 saturated heterocycles. The van der Waals surface area contributed by atoms with E-state index in [1.807, 2.05) is 13.1 Å². The molecule has 2 aliphatic carbocycles. The van der Waals surface area contributed by atoms with Crippen LogP contribution in [0.1, 0.15) is 30.4 Å². The normalized spacial score (nSPS) is 32.2. The maximum Gasteiger partial charge on any atom is 0.416 e. The Morgan fingerprint density at radius 2 is 1.95 bits per heavy atom. The highest BCUT2D eigenvalue weighted by molar-refractivity contribution is 5.27. The summed E-state index contributed by atoms with van der Waals surface area (Å²) in [6.07, 6.45) is 0.159. The fraction of sp³-hybridized carbons (Fsp3) is 0.625. The van der Waals surface area contributed by atoms with Crippen LogP contribution in [0.15, 0.2) is 24.3 Å². The zero-order chi connectivity index (χ0) is 14.4. The Bertz CT molecular complexity index is 485. The Balaban J connectivity index is 1.79. The first-order valence-corrected chi connectivity index (χ1v) is 7.23. The molecule has 20 heavy (non-hydrogen) atoms. The Kier molecular flexibility index (Phi) is 3.32. The van der Waals surface area contributed by atoms with Crippen LogP contribution in [0.3, 0.4) is 0 Å². The highest BCUT2D eigenvalue weighted by Crippen LogP contribution is 2.60. The van der Waals surface area contributed by atoms with Gasteiger partial charge in [-0.3, -0.25) is 0 Å². The Morgan fingerprint density at radius 1 is 1.25 bits per heavy atom. The second-order valence-electron chi connectivity index (χ2n) is 6.57. The monoisotopic (exact) mass is 283 g/mol. The average molecular weight is 283 g/mol. The van der Waals surface area contributed by atoms with E-state index in [9.17, 15) is 13.2 Å². The summed E-state index contributed by atoms with van der Waals surface area (Å²) < 4.78 is 38.3. The van der Waals surface area contributed by atoms with Gasteiger partial charge >= 0.3 is 6.18 Å². The predicted octanol–water partition coefficient (Wildman–Crippen LogP) is 3.88. The Morgan fingerprint density at radius 3 is 2.55 bits per heavy atom. The maximum atomic E-state index is 12.8. The van der Waals surface area contributed by atoms with Crippen LogP contribution in [0.2, 0.25) is 0 Å². The van der Waals surface area contributed by atoms with Gasteiger partial charge in [0.1, 0.15) is 0 Å². The van der Waals surface area contributed by atoms with E-state index in [4.69, 9.17) is 0 Å². The smallest absolute Gasteiger partial charge is 0.319 e. The number of hydrogen-bond donors (Lipinski definition) is 1. The zero-order valence-electron chi connectivity index (χ0n) is 11.6. The molecule has 2 saturated carbocycles. The third kappa shape index (κ3) is 2.71. The molecule has 1 nitrogen and oxygen atoms in total. The summed E-state index contributed by atoms with van der Waals surface area (Å²) in [5.41, 5.74) is 0.446. The van der Waals surface area contributed by atoms with Crippen molar-refractivity contribution in [1.82, 2.24) is 5.32 Å². The second kappa shape index (κ2) is 4.76. The van der Waals surface area contributed by atoms with Crippen LogP contribution in [0.5, 0.6) is 0 Å². The molecule has 1 aromatic carbocycles. The minimum Gasteiger partial charge on any atom is -0.319 e. The van der Waals surface area contributed by atoms with E-state index in [0.717, 1.165) is 49.3 Å². The van der Waals surface area contributed by atoms with Crippen molar-refractivity contribution in [3.05, 3.63) is 35.4 Å². The first-order valence-electron chi connectivity index (χ1n) is 7.23. The van der Waals surface area contributed by atoms with E-state index in [1.165, 1.54) is 18.6 Å². The first kappa shape index (κ1) is 13.9. The van der Waals surface area contributed by atoms with Crippen molar-refractivity contribution in [2.45, 2.75) is 31.9 Å². The van der Waals surface area contributed by atoms with Gasteiger partial charge in [-0.15, -0.1) is 0 Å². The fourth-order valence-electron chi connectivity index (χ4n) is 4.02. The molecule has 1 aromatic rings. The second-order valence-corrected chi connectivity index (χ2v) is 6.57. The molecule has 110 valence electrons. The highest BCUT2D eigenvalue weighted by Gasteiger charge is 2.53. The van der Waals surface area contributed by atoms with Crippen molar-refractivity contribution in [3.63, 3.8) is 0 Å². The molecule has 0 aliphatic heterocycles. The number of halogens is 3. The molecular weight excluding hydrogens is 263 g/mol. The molecule has 3 rings (SSSR count). The molecule has 0 aromatic heterocycles. The lowest BCUT2D eigenvalue weighted by Crippen LogP contribution is -2.33. The largest absolute Gasteiger partial charge is 0.416 e. The van der Waals surface area contributed by atoms with E-state index in [1.54, 1.807) is 0 Å². The molecular formula is C16H20F3N. The summed E-state index contributed by atoms with van der Waals surface area (Å²) in [7, 11) is 1.93. The van der Waals surface area contributed by atoms with Crippen LogP contribution >= 0.6 is 0 Å². The van der Waals surface area contributed by atoms with Crippen LogP contribution in [0, 0.1) is 17.3 Å². The van der Waals surface area contributed by atoms with E-state index in [0.29, 0.717) is 0 Å². The van der Waals surface area contributed by atoms with E-state index in [-0.39, 0.29) is 5.41 Å². The fourth-order valence-corrected chi connectivity index (χ4v) is 4.02. The molecule has 2 atom stereocenters. The molecule has 2 fully saturated rings. The van der Waals surface area contributed by atoms with Crippen molar-refractivity contribution in [3.8, 4) is 0 Å². The summed E-state index contributed by atoms with van der Waals surface area (Å²) in [6.45, 7) is 0.899. The summed E-state index contributed by atoms with van der Waals surface area (Å²) in [6, 6.07) is 5.83. The SMILES string of the molecule is CNCC1(Cc2cccc(C(F)(F)F)c2)CC2CC2C1. The topological polar surface area (TPSA) is 12.0 Å². The maximum absolute atomic E-state index is 12.8. The van der Waals surface area contributed by atoms with Crippen molar-refractivity contribution in [2.75, 3.05) is 13.6 Å². The van der Waals surface area contributed by atoms with Gasteiger partial charge < -0.3 is 5.32 Å². The highest BCUT2D eigenvalue weighted by atomic mass is 19.4. The summed E-state index contributed by atoms with van der Waals surface area (Å²) in [4.78, 5) is 0. The lowest BCUT2D eigenvalue weighted by atomic mass is 9.77. The summed E-state index contributed by atoms with van der Waals surface area (Å²) in [5, 5.41) is 3.23. The van der Waals surface area contributed by atoms with Gasteiger partial charge in [-0.2, -0.15) is 13.2 Å². The third-order valence-corrected chi connectivity index (χ3v) is 4.84. The number of benzene rings is 1. The van der Waals surface area contributed by atoms with Crippen molar-refractivity contribution >= 4 is 0 Å². The van der Waals surface area contributed by atoms with Gasteiger partial charge in [0.2, 0.25) is 0 Å². The molecule has 0 spiro atoms. The van der Waals surface area contributed by atoms with Crippen LogP contribution < -0.4 is 5.32 Å². The number of rotatable bonds is 4. The van der Waals surface area contributed by atoms with Gasteiger partial charge in [-0.25, -0.2) is 0 Å². The van der Waals surface area contributed by atoms with Crippen molar-refractivity contribution in [2.24, 2.45) is 17.3 Å². The van der Waals surface area contributed by atoms with E-state index >= 15 is 0 Å². The quantitative estimate of drug-likeness (QED) is 0.884. The predicted molar refractivity (Wildman–Crippen MR) is 72.3 cm³/mol. The minimum absolute atomic E-state index is 0.159. The molecule has 2 aliphatic rings. The third-order valence-electron chi connectivity index (χ3n) is 4.84. The van der Waals surface area contributed by atoms with Gasteiger partial charge in [0, 0.05) is 6.54 Å². The minimum atomic E-state index is -4.25. The van der Waals surface area contributed by atoms with Crippen molar-refractivity contribution in [1.29, 1.82) is 0 Å². The summed E-state index contributed by atoms with van der Waals surface area (Å²) >= 11 is 0. The number of fused-ring (bicyclic) bond motifs is 1. The van der Waals surface area contributed by atoms with Crippen molar-refractivity contribution < 1.29 is 13.2 Å².